The van der Waals surface area contributed by atoms with Gasteiger partial charge in [0.15, 0.2) is 5.82 Å². The number of anilines is 1. The number of hydrogen-bond donors (Lipinski definition) is 2. The molecule has 1 aliphatic rings. The number of likely N-dealkylation sites (tertiary alicyclic amines) is 1. The van der Waals surface area contributed by atoms with Crippen LogP contribution in [-0.4, -0.2) is 81.2 Å². The molecular weight excluding hydrogens is 368 g/mol. The van der Waals surface area contributed by atoms with Crippen molar-refractivity contribution in [3.8, 4) is 11.3 Å². The summed E-state index contributed by atoms with van der Waals surface area (Å²) >= 11 is 0. The van der Waals surface area contributed by atoms with Crippen molar-refractivity contribution in [2.45, 2.75) is 25.8 Å². The van der Waals surface area contributed by atoms with Gasteiger partial charge >= 0.3 is 0 Å². The lowest BCUT2D eigenvalue weighted by atomic mass is 10.1. The SMILES string of the molecule is CN(C)CC(=O)Nc1n[nH]c2ccc(-c3cn(CCN4CCCCC4)nn3)cc12. The Morgan fingerprint density at radius 3 is 2.83 bits per heavy atom. The van der Waals surface area contributed by atoms with Gasteiger partial charge < -0.3 is 15.1 Å². The van der Waals surface area contributed by atoms with Gasteiger partial charge in [0.05, 0.1) is 24.8 Å². The minimum absolute atomic E-state index is 0.0996. The van der Waals surface area contributed by atoms with Gasteiger partial charge in [-0.2, -0.15) is 5.10 Å². The molecule has 3 heterocycles. The van der Waals surface area contributed by atoms with Gasteiger partial charge in [0.25, 0.3) is 0 Å². The Kier molecular flexibility index (Phi) is 5.86. The summed E-state index contributed by atoms with van der Waals surface area (Å²) in [6.07, 6.45) is 5.91. The Hall–Kier alpha value is -2.78. The average Bonchev–Trinajstić information content (AvgIpc) is 3.34. The maximum Gasteiger partial charge on any atom is 0.239 e. The molecule has 1 amide bonds. The van der Waals surface area contributed by atoms with Crippen molar-refractivity contribution in [2.24, 2.45) is 0 Å². The highest BCUT2D eigenvalue weighted by molar-refractivity contribution is 6.01. The lowest BCUT2D eigenvalue weighted by Gasteiger charge is -2.25. The molecule has 1 aromatic carbocycles. The van der Waals surface area contributed by atoms with Crippen molar-refractivity contribution < 1.29 is 4.79 Å². The molecule has 4 rings (SSSR count). The molecule has 0 atom stereocenters. The van der Waals surface area contributed by atoms with Crippen LogP contribution in [-0.2, 0) is 11.3 Å². The van der Waals surface area contributed by atoms with Crippen molar-refractivity contribution in [2.75, 3.05) is 45.6 Å². The van der Waals surface area contributed by atoms with Crippen LogP contribution in [0.1, 0.15) is 19.3 Å². The fraction of sp³-hybridized carbons (Fsp3) is 0.500. The smallest absolute Gasteiger partial charge is 0.239 e. The van der Waals surface area contributed by atoms with Crippen molar-refractivity contribution in [3.05, 3.63) is 24.4 Å². The molecule has 1 fully saturated rings. The Morgan fingerprint density at radius 2 is 2.03 bits per heavy atom. The second kappa shape index (κ2) is 8.71. The molecule has 2 aromatic heterocycles. The van der Waals surface area contributed by atoms with Crippen LogP contribution >= 0.6 is 0 Å². The van der Waals surface area contributed by atoms with Crippen LogP contribution in [0.25, 0.3) is 22.2 Å². The van der Waals surface area contributed by atoms with Crippen molar-refractivity contribution in [1.82, 2.24) is 35.0 Å². The van der Waals surface area contributed by atoms with E-state index in [1.54, 1.807) is 0 Å². The van der Waals surface area contributed by atoms with E-state index in [1.165, 1.54) is 32.4 Å². The fourth-order valence-corrected chi connectivity index (χ4v) is 3.69. The molecule has 9 heteroatoms. The lowest BCUT2D eigenvalue weighted by Crippen LogP contribution is -2.32. The zero-order chi connectivity index (χ0) is 20.2. The average molecular weight is 396 g/mol. The molecule has 0 spiro atoms. The lowest BCUT2D eigenvalue weighted by molar-refractivity contribution is -0.116. The molecule has 3 aromatic rings. The number of nitrogens with zero attached hydrogens (tertiary/aromatic N) is 6. The number of likely N-dealkylation sites (N-methyl/N-ethyl adjacent to an activating group) is 1. The normalized spacial score (nSPS) is 15.3. The zero-order valence-electron chi connectivity index (χ0n) is 17.1. The van der Waals surface area contributed by atoms with E-state index in [-0.39, 0.29) is 5.91 Å². The highest BCUT2D eigenvalue weighted by Gasteiger charge is 2.13. The van der Waals surface area contributed by atoms with E-state index in [4.69, 9.17) is 0 Å². The van der Waals surface area contributed by atoms with Crippen molar-refractivity contribution in [1.29, 1.82) is 0 Å². The van der Waals surface area contributed by atoms with Crippen LogP contribution in [0.5, 0.6) is 0 Å². The number of benzene rings is 1. The minimum atomic E-state index is -0.0996. The summed E-state index contributed by atoms with van der Waals surface area (Å²) < 4.78 is 1.91. The van der Waals surface area contributed by atoms with Crippen LogP contribution in [0.4, 0.5) is 5.82 Å². The molecule has 0 radical (unpaired) electrons. The Morgan fingerprint density at radius 1 is 1.21 bits per heavy atom. The van der Waals surface area contributed by atoms with Crippen molar-refractivity contribution >= 4 is 22.6 Å². The second-order valence-corrected chi connectivity index (χ2v) is 7.89. The number of nitrogens with one attached hydrogen (secondary N) is 2. The number of amides is 1. The van der Waals surface area contributed by atoms with Gasteiger partial charge in [-0.05, 0) is 52.2 Å². The molecule has 0 bridgehead atoms. The second-order valence-electron chi connectivity index (χ2n) is 7.89. The Bertz CT molecular complexity index is 970. The third-order valence-corrected chi connectivity index (χ3v) is 5.21. The summed E-state index contributed by atoms with van der Waals surface area (Å²) in [7, 11) is 3.71. The molecular formula is C20H28N8O. The number of aromatic amines is 1. The molecule has 2 N–H and O–H groups in total. The summed E-state index contributed by atoms with van der Waals surface area (Å²) in [6.45, 7) is 4.51. The van der Waals surface area contributed by atoms with E-state index < -0.39 is 0 Å². The third kappa shape index (κ3) is 4.80. The number of piperidine rings is 1. The van der Waals surface area contributed by atoms with E-state index in [1.807, 2.05) is 48.1 Å². The highest BCUT2D eigenvalue weighted by atomic mass is 16.2. The fourth-order valence-electron chi connectivity index (χ4n) is 3.69. The summed E-state index contributed by atoms with van der Waals surface area (Å²) in [5.41, 5.74) is 2.63. The standard InChI is InChI=1S/C20H28N8O/c1-26(2)14-19(29)21-20-16-12-15(6-7-17(16)22-24-20)18-13-28(25-23-18)11-10-27-8-4-3-5-9-27/h6-7,12-13H,3-5,8-11,14H2,1-2H3,(H2,21,22,24,29). The first-order valence-electron chi connectivity index (χ1n) is 10.1. The topological polar surface area (TPSA) is 95.0 Å². The number of carbonyl (C=O) groups is 1. The molecule has 9 nitrogen and oxygen atoms in total. The first-order chi connectivity index (χ1) is 14.1. The summed E-state index contributed by atoms with van der Waals surface area (Å²) in [4.78, 5) is 16.4. The van der Waals surface area contributed by atoms with E-state index in [9.17, 15) is 4.79 Å². The van der Waals surface area contributed by atoms with Gasteiger partial charge in [-0.15, -0.1) is 5.10 Å². The van der Waals surface area contributed by atoms with Gasteiger partial charge in [0.1, 0.15) is 5.69 Å². The maximum atomic E-state index is 12.1. The monoisotopic (exact) mass is 396 g/mol. The van der Waals surface area contributed by atoms with Crippen LogP contribution in [0.15, 0.2) is 24.4 Å². The predicted molar refractivity (Wildman–Crippen MR) is 113 cm³/mol. The van der Waals surface area contributed by atoms with Gasteiger partial charge in [-0.1, -0.05) is 17.7 Å². The highest BCUT2D eigenvalue weighted by Crippen LogP contribution is 2.26. The summed E-state index contributed by atoms with van der Waals surface area (Å²) in [5.74, 6) is 0.434. The summed E-state index contributed by atoms with van der Waals surface area (Å²) in [5, 5.41) is 19.6. The van der Waals surface area contributed by atoms with Crippen LogP contribution < -0.4 is 5.32 Å². The number of rotatable bonds is 7. The third-order valence-electron chi connectivity index (χ3n) is 5.21. The predicted octanol–water partition coefficient (Wildman–Crippen LogP) is 1.81. The Labute approximate surface area is 170 Å². The molecule has 29 heavy (non-hydrogen) atoms. The van der Waals surface area contributed by atoms with E-state index in [0.29, 0.717) is 12.4 Å². The molecule has 1 saturated heterocycles. The largest absolute Gasteiger partial charge is 0.308 e. The molecule has 0 saturated carbocycles. The zero-order valence-corrected chi connectivity index (χ0v) is 17.1. The van der Waals surface area contributed by atoms with Crippen molar-refractivity contribution in [3.63, 3.8) is 0 Å². The quantitative estimate of drug-likeness (QED) is 0.632. The van der Waals surface area contributed by atoms with E-state index >= 15 is 0 Å². The van der Waals surface area contributed by atoms with Crippen LogP contribution in [0.3, 0.4) is 0 Å². The number of carbonyl (C=O) groups excluding carboxylic acids is 1. The van der Waals surface area contributed by atoms with E-state index in [2.05, 4.69) is 30.7 Å². The minimum Gasteiger partial charge on any atom is -0.308 e. The number of aromatic nitrogens is 5. The molecule has 0 unspecified atom stereocenters. The van der Waals surface area contributed by atoms with Gasteiger partial charge in [-0.25, -0.2) is 0 Å². The van der Waals surface area contributed by atoms with Crippen LogP contribution in [0.2, 0.25) is 0 Å². The molecule has 154 valence electrons. The summed E-state index contributed by atoms with van der Waals surface area (Å²) in [6, 6.07) is 5.93. The Balaban J connectivity index is 1.47. The number of H-pyrrole nitrogens is 1. The van der Waals surface area contributed by atoms with Crippen LogP contribution in [0, 0.1) is 0 Å². The molecule has 1 aliphatic heterocycles. The molecule has 0 aliphatic carbocycles. The number of hydrogen-bond acceptors (Lipinski definition) is 6. The van der Waals surface area contributed by atoms with E-state index in [0.717, 1.165) is 35.2 Å². The van der Waals surface area contributed by atoms with Gasteiger partial charge in [-0.3, -0.25) is 14.6 Å². The van der Waals surface area contributed by atoms with Gasteiger partial charge in [0, 0.05) is 17.5 Å². The first kappa shape index (κ1) is 19.5. The first-order valence-corrected chi connectivity index (χ1v) is 10.1. The van der Waals surface area contributed by atoms with Gasteiger partial charge in [0.2, 0.25) is 5.91 Å². The maximum absolute atomic E-state index is 12.1. The number of fused-ring (bicyclic) bond motifs is 1.